The van der Waals surface area contributed by atoms with Crippen molar-refractivity contribution < 1.29 is 9.13 Å². The molecule has 1 unspecified atom stereocenters. The summed E-state index contributed by atoms with van der Waals surface area (Å²) in [5.41, 5.74) is 6.46. The van der Waals surface area contributed by atoms with Crippen LogP contribution in [0.25, 0.3) is 11.4 Å². The number of tetrazole rings is 1. The largest absolute Gasteiger partial charge is 0.399 e. The summed E-state index contributed by atoms with van der Waals surface area (Å²) in [4.78, 5) is 0. The highest BCUT2D eigenvalue weighted by molar-refractivity contribution is 5.61. The molecule has 1 fully saturated rings. The van der Waals surface area contributed by atoms with E-state index in [4.69, 9.17) is 10.5 Å². The molecule has 6 nitrogen and oxygen atoms in total. The van der Waals surface area contributed by atoms with Crippen molar-refractivity contribution in [3.05, 3.63) is 24.0 Å². The number of nitrogen functional groups attached to an aromatic ring is 1. The fraction of sp³-hybridized carbons (Fsp3) is 0.364. The van der Waals surface area contributed by atoms with Crippen LogP contribution in [0.3, 0.4) is 0 Å². The minimum Gasteiger partial charge on any atom is -0.399 e. The Morgan fingerprint density at radius 3 is 3.11 bits per heavy atom. The number of halogens is 1. The van der Waals surface area contributed by atoms with Crippen LogP contribution in [0.2, 0.25) is 0 Å². The minimum atomic E-state index is -0.390. The first-order chi connectivity index (χ1) is 8.75. The third-order valence-corrected chi connectivity index (χ3v) is 2.98. The van der Waals surface area contributed by atoms with Crippen molar-refractivity contribution in [1.29, 1.82) is 0 Å². The van der Waals surface area contributed by atoms with E-state index in [1.54, 1.807) is 4.68 Å². The Balaban J connectivity index is 2.06. The van der Waals surface area contributed by atoms with Gasteiger partial charge in [-0.1, -0.05) is 0 Å². The Morgan fingerprint density at radius 1 is 1.44 bits per heavy atom. The van der Waals surface area contributed by atoms with Crippen molar-refractivity contribution in [1.82, 2.24) is 20.2 Å². The van der Waals surface area contributed by atoms with Gasteiger partial charge in [-0.15, -0.1) is 5.10 Å². The monoisotopic (exact) mass is 249 g/mol. The fourth-order valence-corrected chi connectivity index (χ4v) is 2.05. The predicted molar refractivity (Wildman–Crippen MR) is 62.1 cm³/mol. The zero-order valence-electron chi connectivity index (χ0n) is 9.58. The Labute approximate surface area is 103 Å². The van der Waals surface area contributed by atoms with Gasteiger partial charge < -0.3 is 10.5 Å². The van der Waals surface area contributed by atoms with Crippen LogP contribution in [0.5, 0.6) is 0 Å². The van der Waals surface area contributed by atoms with Gasteiger partial charge in [-0.05, 0) is 35.0 Å². The van der Waals surface area contributed by atoms with Gasteiger partial charge in [0.2, 0.25) is 0 Å². The van der Waals surface area contributed by atoms with Gasteiger partial charge in [0.05, 0.1) is 18.2 Å². The van der Waals surface area contributed by atoms with Gasteiger partial charge in [0, 0.05) is 12.3 Å². The molecule has 0 amide bonds. The van der Waals surface area contributed by atoms with Gasteiger partial charge >= 0.3 is 0 Å². The molecule has 1 saturated heterocycles. The van der Waals surface area contributed by atoms with E-state index in [9.17, 15) is 4.39 Å². The van der Waals surface area contributed by atoms with E-state index < -0.39 is 0 Å². The second-order valence-corrected chi connectivity index (χ2v) is 4.20. The maximum atomic E-state index is 13.8. The molecule has 3 rings (SSSR count). The molecule has 0 saturated carbocycles. The number of hydrogen-bond acceptors (Lipinski definition) is 5. The Bertz CT molecular complexity index is 564. The lowest BCUT2D eigenvalue weighted by Crippen LogP contribution is -2.12. The summed E-state index contributed by atoms with van der Waals surface area (Å²) in [6.07, 6.45) is 0.821. The topological polar surface area (TPSA) is 78.9 Å². The van der Waals surface area contributed by atoms with E-state index in [1.165, 1.54) is 18.2 Å². The van der Waals surface area contributed by atoms with Crippen LogP contribution >= 0.6 is 0 Å². The zero-order chi connectivity index (χ0) is 12.5. The number of rotatable bonds is 2. The van der Waals surface area contributed by atoms with Gasteiger partial charge in [-0.3, -0.25) is 0 Å². The van der Waals surface area contributed by atoms with Gasteiger partial charge in [0.25, 0.3) is 0 Å². The predicted octanol–water partition coefficient (Wildman–Crippen LogP) is 1.02. The smallest absolute Gasteiger partial charge is 0.185 e. The molecule has 94 valence electrons. The minimum absolute atomic E-state index is 0.0517. The molecule has 18 heavy (non-hydrogen) atoms. The molecule has 0 aliphatic carbocycles. The Hall–Kier alpha value is -2.02. The summed E-state index contributed by atoms with van der Waals surface area (Å²) >= 11 is 0. The maximum absolute atomic E-state index is 13.8. The molecule has 7 heteroatoms. The fourth-order valence-electron chi connectivity index (χ4n) is 2.05. The van der Waals surface area contributed by atoms with Crippen molar-refractivity contribution in [3.63, 3.8) is 0 Å². The number of nitrogens with two attached hydrogens (primary N) is 1. The molecule has 1 aromatic heterocycles. The second kappa shape index (κ2) is 4.34. The highest BCUT2D eigenvalue weighted by atomic mass is 19.1. The quantitative estimate of drug-likeness (QED) is 0.804. The SMILES string of the molecule is Nc1ccc(F)c(-c2nnnn2C2CCOC2)c1. The summed E-state index contributed by atoms with van der Waals surface area (Å²) in [5.74, 6) is -0.00512. The molecule has 1 atom stereocenters. The average Bonchev–Trinajstić information content (AvgIpc) is 3.00. The van der Waals surface area contributed by atoms with Crippen molar-refractivity contribution in [2.75, 3.05) is 18.9 Å². The third-order valence-electron chi connectivity index (χ3n) is 2.98. The third kappa shape index (κ3) is 1.82. The molecule has 1 aliphatic heterocycles. The van der Waals surface area contributed by atoms with Crippen LogP contribution in [0.15, 0.2) is 18.2 Å². The molecular weight excluding hydrogens is 237 g/mol. The van der Waals surface area contributed by atoms with E-state index in [0.29, 0.717) is 30.3 Å². The van der Waals surface area contributed by atoms with Gasteiger partial charge in [0.1, 0.15) is 5.82 Å². The van der Waals surface area contributed by atoms with Crippen LogP contribution in [0, 0.1) is 5.82 Å². The molecule has 1 aromatic carbocycles. The van der Waals surface area contributed by atoms with Crippen LogP contribution in [0.1, 0.15) is 12.5 Å². The first kappa shape index (κ1) is 11.1. The number of ether oxygens (including phenoxy) is 1. The molecule has 2 heterocycles. The molecular formula is C11H12FN5O. The summed E-state index contributed by atoms with van der Waals surface area (Å²) in [5, 5.41) is 11.4. The highest BCUT2D eigenvalue weighted by Crippen LogP contribution is 2.27. The first-order valence-corrected chi connectivity index (χ1v) is 5.66. The Morgan fingerprint density at radius 2 is 2.33 bits per heavy atom. The number of hydrogen-bond donors (Lipinski definition) is 1. The molecule has 2 aromatic rings. The van der Waals surface area contributed by atoms with Crippen LogP contribution in [-0.4, -0.2) is 33.4 Å². The molecule has 0 spiro atoms. The maximum Gasteiger partial charge on any atom is 0.185 e. The molecule has 0 radical (unpaired) electrons. The lowest BCUT2D eigenvalue weighted by Gasteiger charge is -2.10. The normalized spacial score (nSPS) is 19.3. The number of benzene rings is 1. The van der Waals surface area contributed by atoms with Crippen LogP contribution in [-0.2, 0) is 4.74 Å². The van der Waals surface area contributed by atoms with Crippen molar-refractivity contribution in [3.8, 4) is 11.4 Å². The molecule has 0 bridgehead atoms. The molecule has 1 aliphatic rings. The van der Waals surface area contributed by atoms with E-state index in [0.717, 1.165) is 6.42 Å². The zero-order valence-corrected chi connectivity index (χ0v) is 9.58. The standard InChI is InChI=1S/C11H12FN5O/c12-10-2-1-7(13)5-9(10)11-14-15-16-17(11)8-3-4-18-6-8/h1-2,5,8H,3-4,6,13H2. The van der Waals surface area contributed by atoms with E-state index in [1.807, 2.05) is 0 Å². The first-order valence-electron chi connectivity index (χ1n) is 5.66. The lowest BCUT2D eigenvalue weighted by molar-refractivity contribution is 0.184. The van der Waals surface area contributed by atoms with Crippen LogP contribution in [0.4, 0.5) is 10.1 Å². The van der Waals surface area contributed by atoms with E-state index >= 15 is 0 Å². The lowest BCUT2D eigenvalue weighted by atomic mass is 10.1. The van der Waals surface area contributed by atoms with Gasteiger partial charge in [-0.2, -0.15) is 0 Å². The van der Waals surface area contributed by atoms with Crippen molar-refractivity contribution in [2.45, 2.75) is 12.5 Å². The summed E-state index contributed by atoms with van der Waals surface area (Å²) in [6.45, 7) is 1.21. The summed E-state index contributed by atoms with van der Waals surface area (Å²) < 4.78 is 20.7. The average molecular weight is 249 g/mol. The summed E-state index contributed by atoms with van der Waals surface area (Å²) in [7, 11) is 0. The van der Waals surface area contributed by atoms with Crippen molar-refractivity contribution in [2.24, 2.45) is 0 Å². The number of anilines is 1. The number of aromatic nitrogens is 4. The van der Waals surface area contributed by atoms with Gasteiger partial charge in [-0.25, -0.2) is 9.07 Å². The number of nitrogens with zero attached hydrogens (tertiary/aromatic N) is 4. The summed E-state index contributed by atoms with van der Waals surface area (Å²) in [6, 6.07) is 4.41. The Kier molecular flexibility index (Phi) is 2.67. The highest BCUT2D eigenvalue weighted by Gasteiger charge is 2.24. The van der Waals surface area contributed by atoms with Crippen LogP contribution < -0.4 is 5.73 Å². The van der Waals surface area contributed by atoms with Crippen molar-refractivity contribution >= 4 is 5.69 Å². The van der Waals surface area contributed by atoms with E-state index in [2.05, 4.69) is 15.5 Å². The van der Waals surface area contributed by atoms with E-state index in [-0.39, 0.29) is 11.9 Å². The second-order valence-electron chi connectivity index (χ2n) is 4.20. The van der Waals surface area contributed by atoms with Gasteiger partial charge in [0.15, 0.2) is 5.82 Å². The molecule has 2 N–H and O–H groups in total.